The molecule has 0 saturated heterocycles. The number of aliphatic hydroxyl groups is 1. The quantitative estimate of drug-likeness (QED) is 0.869. The van der Waals surface area contributed by atoms with Gasteiger partial charge in [0.15, 0.2) is 0 Å². The fourth-order valence-corrected chi connectivity index (χ4v) is 1.79. The topological polar surface area (TPSA) is 23.5 Å². The summed E-state index contributed by atoms with van der Waals surface area (Å²) in [4.78, 5) is 2.03. The molecule has 0 unspecified atom stereocenters. The third-order valence-electron chi connectivity index (χ3n) is 3.58. The van der Waals surface area contributed by atoms with E-state index in [4.69, 9.17) is 0 Å². The van der Waals surface area contributed by atoms with E-state index in [0.717, 1.165) is 12.1 Å². The van der Waals surface area contributed by atoms with Crippen molar-refractivity contribution in [1.82, 2.24) is 0 Å². The Morgan fingerprint density at radius 3 is 2.47 bits per heavy atom. The highest BCUT2D eigenvalue weighted by molar-refractivity contribution is 5.56. The Balaban J connectivity index is 3.27. The summed E-state index contributed by atoms with van der Waals surface area (Å²) in [6.07, 6.45) is 0.139. The first-order valence-corrected chi connectivity index (χ1v) is 6.01. The number of anilines is 1. The summed E-state index contributed by atoms with van der Waals surface area (Å²) < 4.78 is 13.8. The average Bonchev–Trinajstić information content (AvgIpc) is 2.27. The molecule has 2 nitrogen and oxygen atoms in total. The second-order valence-corrected chi connectivity index (χ2v) is 5.07. The minimum absolute atomic E-state index is 0.0720. The van der Waals surface area contributed by atoms with Gasteiger partial charge in [0.2, 0.25) is 0 Å². The molecular formula is C14H22FNO. The van der Waals surface area contributed by atoms with Crippen LogP contribution in [0.1, 0.15) is 45.8 Å². The smallest absolute Gasteiger partial charge is 0.131 e. The van der Waals surface area contributed by atoms with Crippen molar-refractivity contribution in [2.75, 3.05) is 11.9 Å². The van der Waals surface area contributed by atoms with Crippen molar-refractivity contribution in [2.45, 2.75) is 45.8 Å². The number of hydrogen-bond donors (Lipinski definition) is 1. The highest BCUT2D eigenvalue weighted by Crippen LogP contribution is 2.32. The van der Waals surface area contributed by atoms with Crippen molar-refractivity contribution in [3.63, 3.8) is 0 Å². The molecule has 1 aromatic carbocycles. The van der Waals surface area contributed by atoms with Crippen molar-refractivity contribution in [1.29, 1.82) is 0 Å². The van der Waals surface area contributed by atoms with Crippen LogP contribution >= 0.6 is 0 Å². The molecule has 3 heteroatoms. The van der Waals surface area contributed by atoms with Crippen LogP contribution < -0.4 is 4.90 Å². The highest BCUT2D eigenvalue weighted by atomic mass is 19.1. The SMILES string of the molecule is CCC(C)(C)N(C)c1cccc(F)c1[C@H](C)O. The molecule has 0 aromatic heterocycles. The standard InChI is InChI=1S/C14H22FNO/c1-6-14(3,4)16(5)12-9-7-8-11(15)13(12)10(2)17/h7-10,17H,6H2,1-5H3/t10-/m0/s1. The van der Waals surface area contributed by atoms with E-state index >= 15 is 0 Å². The molecule has 1 atom stereocenters. The fraction of sp³-hybridized carbons (Fsp3) is 0.571. The molecule has 1 rings (SSSR count). The number of benzene rings is 1. The lowest BCUT2D eigenvalue weighted by atomic mass is 9.97. The maximum atomic E-state index is 13.8. The van der Waals surface area contributed by atoms with Gasteiger partial charge in [0.05, 0.1) is 6.10 Å². The first-order valence-electron chi connectivity index (χ1n) is 6.01. The summed E-state index contributed by atoms with van der Waals surface area (Å²) in [5.74, 6) is -0.351. The van der Waals surface area contributed by atoms with E-state index in [1.165, 1.54) is 6.07 Å². The zero-order chi connectivity index (χ0) is 13.2. The van der Waals surface area contributed by atoms with Crippen molar-refractivity contribution in [3.8, 4) is 0 Å². The normalized spacial score (nSPS) is 13.6. The molecule has 0 amide bonds. The van der Waals surface area contributed by atoms with Gasteiger partial charge in [-0.3, -0.25) is 0 Å². The molecular weight excluding hydrogens is 217 g/mol. The van der Waals surface area contributed by atoms with Gasteiger partial charge in [-0.05, 0) is 39.3 Å². The molecule has 0 aliphatic rings. The van der Waals surface area contributed by atoms with Crippen molar-refractivity contribution in [3.05, 3.63) is 29.6 Å². The van der Waals surface area contributed by atoms with E-state index in [0.29, 0.717) is 5.56 Å². The van der Waals surface area contributed by atoms with Crippen molar-refractivity contribution >= 4 is 5.69 Å². The highest BCUT2D eigenvalue weighted by Gasteiger charge is 2.25. The van der Waals surface area contributed by atoms with E-state index < -0.39 is 6.10 Å². The molecule has 0 bridgehead atoms. The Morgan fingerprint density at radius 2 is 2.00 bits per heavy atom. The molecule has 0 heterocycles. The molecule has 0 aliphatic heterocycles. The summed E-state index contributed by atoms with van der Waals surface area (Å²) in [7, 11) is 1.93. The summed E-state index contributed by atoms with van der Waals surface area (Å²) in [6.45, 7) is 7.89. The lowest BCUT2D eigenvalue weighted by Gasteiger charge is -2.38. The van der Waals surface area contributed by atoms with E-state index in [-0.39, 0.29) is 11.4 Å². The first kappa shape index (κ1) is 14.0. The zero-order valence-electron chi connectivity index (χ0n) is 11.3. The van der Waals surface area contributed by atoms with Gasteiger partial charge in [-0.25, -0.2) is 4.39 Å². The number of halogens is 1. The number of hydrogen-bond acceptors (Lipinski definition) is 2. The second kappa shape index (κ2) is 5.05. The van der Waals surface area contributed by atoms with E-state index in [2.05, 4.69) is 20.8 Å². The summed E-state index contributed by atoms with van der Waals surface area (Å²) in [6, 6.07) is 4.92. The predicted octanol–water partition coefficient (Wildman–Crippen LogP) is 3.50. The third kappa shape index (κ3) is 2.78. The van der Waals surface area contributed by atoms with Gasteiger partial charge >= 0.3 is 0 Å². The Morgan fingerprint density at radius 1 is 1.41 bits per heavy atom. The third-order valence-corrected chi connectivity index (χ3v) is 3.58. The van der Waals surface area contributed by atoms with Gasteiger partial charge in [-0.2, -0.15) is 0 Å². The molecule has 0 fully saturated rings. The minimum Gasteiger partial charge on any atom is -0.389 e. The Labute approximate surface area is 103 Å². The van der Waals surface area contributed by atoms with Crippen LogP contribution in [-0.2, 0) is 0 Å². The Kier molecular flexibility index (Phi) is 4.15. The van der Waals surface area contributed by atoms with Gasteiger partial charge in [0, 0.05) is 23.8 Å². The molecule has 0 saturated carbocycles. The lowest BCUT2D eigenvalue weighted by Crippen LogP contribution is -2.41. The van der Waals surface area contributed by atoms with Crippen molar-refractivity contribution < 1.29 is 9.50 Å². The molecule has 0 radical (unpaired) electrons. The van der Waals surface area contributed by atoms with Crippen LogP contribution in [0.25, 0.3) is 0 Å². The fourth-order valence-electron chi connectivity index (χ4n) is 1.79. The van der Waals surface area contributed by atoms with Gasteiger partial charge in [0.1, 0.15) is 5.82 Å². The van der Waals surface area contributed by atoms with Gasteiger partial charge in [-0.1, -0.05) is 13.0 Å². The molecule has 17 heavy (non-hydrogen) atoms. The van der Waals surface area contributed by atoms with E-state index in [1.54, 1.807) is 13.0 Å². The van der Waals surface area contributed by atoms with Crippen LogP contribution in [0.2, 0.25) is 0 Å². The number of aliphatic hydroxyl groups excluding tert-OH is 1. The van der Waals surface area contributed by atoms with E-state index in [1.807, 2.05) is 18.0 Å². The zero-order valence-corrected chi connectivity index (χ0v) is 11.3. The second-order valence-electron chi connectivity index (χ2n) is 5.07. The Bertz CT molecular complexity index is 388. The first-order chi connectivity index (χ1) is 7.81. The maximum Gasteiger partial charge on any atom is 0.131 e. The Hall–Kier alpha value is -1.09. The largest absolute Gasteiger partial charge is 0.389 e. The van der Waals surface area contributed by atoms with Crippen LogP contribution in [-0.4, -0.2) is 17.7 Å². The van der Waals surface area contributed by atoms with Crippen LogP contribution in [0.3, 0.4) is 0 Å². The molecule has 0 spiro atoms. The number of nitrogens with zero attached hydrogens (tertiary/aromatic N) is 1. The maximum absolute atomic E-state index is 13.8. The predicted molar refractivity (Wildman–Crippen MR) is 69.8 cm³/mol. The van der Waals surface area contributed by atoms with Crippen molar-refractivity contribution in [2.24, 2.45) is 0 Å². The van der Waals surface area contributed by atoms with Crippen LogP contribution in [0.4, 0.5) is 10.1 Å². The van der Waals surface area contributed by atoms with Gasteiger partial charge in [0.25, 0.3) is 0 Å². The molecule has 1 N–H and O–H groups in total. The average molecular weight is 239 g/mol. The molecule has 0 aliphatic carbocycles. The number of rotatable bonds is 4. The van der Waals surface area contributed by atoms with Crippen LogP contribution in [0, 0.1) is 5.82 Å². The summed E-state index contributed by atoms with van der Waals surface area (Å²) in [5, 5.41) is 9.71. The van der Waals surface area contributed by atoms with E-state index in [9.17, 15) is 9.50 Å². The van der Waals surface area contributed by atoms with Gasteiger partial charge < -0.3 is 10.0 Å². The summed E-state index contributed by atoms with van der Waals surface area (Å²) >= 11 is 0. The van der Waals surface area contributed by atoms with Crippen LogP contribution in [0.15, 0.2) is 18.2 Å². The van der Waals surface area contributed by atoms with Gasteiger partial charge in [-0.15, -0.1) is 0 Å². The molecule has 1 aromatic rings. The lowest BCUT2D eigenvalue weighted by molar-refractivity contribution is 0.194. The monoisotopic (exact) mass is 239 g/mol. The summed E-state index contributed by atoms with van der Waals surface area (Å²) in [5.41, 5.74) is 1.06. The van der Waals surface area contributed by atoms with Crippen LogP contribution in [0.5, 0.6) is 0 Å². The molecule has 96 valence electrons. The minimum atomic E-state index is -0.804.